The van der Waals surface area contributed by atoms with Gasteiger partial charge in [-0.25, -0.2) is 14.4 Å². The summed E-state index contributed by atoms with van der Waals surface area (Å²) in [5.41, 5.74) is 0.340. The molecule has 6 heteroatoms. The standard InChI is InChI=1S/C13H11FN2O2S/c1-8(17)11-6-10(14)5-9(12(11)18)7-19-13-15-3-2-4-16-13/h2-6,18H,7H2,1H3. The minimum absolute atomic E-state index is 0.00965. The molecule has 0 bridgehead atoms. The Kier molecular flexibility index (Phi) is 4.11. The van der Waals surface area contributed by atoms with Crippen molar-refractivity contribution in [3.8, 4) is 5.75 Å². The number of phenols is 1. The third-order valence-corrected chi connectivity index (χ3v) is 3.36. The molecule has 4 nitrogen and oxygen atoms in total. The summed E-state index contributed by atoms with van der Waals surface area (Å²) in [6.45, 7) is 1.28. The van der Waals surface area contributed by atoms with Crippen LogP contribution in [-0.2, 0) is 5.75 Å². The third kappa shape index (κ3) is 3.29. The van der Waals surface area contributed by atoms with Gasteiger partial charge in [-0.3, -0.25) is 4.79 Å². The number of halogens is 1. The number of Topliss-reactive ketones (excluding diaryl/α,β-unsaturated/α-hetero) is 1. The van der Waals surface area contributed by atoms with E-state index >= 15 is 0 Å². The Morgan fingerprint density at radius 2 is 2.05 bits per heavy atom. The van der Waals surface area contributed by atoms with Gasteiger partial charge in [-0.2, -0.15) is 0 Å². The molecule has 0 atom stereocenters. The Labute approximate surface area is 113 Å². The van der Waals surface area contributed by atoms with E-state index < -0.39 is 5.82 Å². The zero-order valence-corrected chi connectivity index (χ0v) is 10.9. The molecule has 0 radical (unpaired) electrons. The molecule has 2 rings (SSSR count). The first-order valence-electron chi connectivity index (χ1n) is 5.50. The summed E-state index contributed by atoms with van der Waals surface area (Å²) >= 11 is 1.26. The quantitative estimate of drug-likeness (QED) is 0.529. The summed E-state index contributed by atoms with van der Waals surface area (Å²) in [5, 5.41) is 10.4. The number of thioether (sulfide) groups is 1. The largest absolute Gasteiger partial charge is 0.507 e. The van der Waals surface area contributed by atoms with Gasteiger partial charge < -0.3 is 5.11 Å². The first kappa shape index (κ1) is 13.5. The zero-order valence-electron chi connectivity index (χ0n) is 10.1. The second-order valence-corrected chi connectivity index (χ2v) is 4.78. The van der Waals surface area contributed by atoms with Crippen molar-refractivity contribution in [3.05, 3.63) is 47.5 Å². The smallest absolute Gasteiger partial charge is 0.187 e. The first-order valence-corrected chi connectivity index (χ1v) is 6.48. The number of hydrogen-bond acceptors (Lipinski definition) is 5. The molecule has 1 heterocycles. The van der Waals surface area contributed by atoms with Crippen LogP contribution < -0.4 is 0 Å². The van der Waals surface area contributed by atoms with E-state index in [0.29, 0.717) is 10.7 Å². The molecule has 0 aliphatic rings. The van der Waals surface area contributed by atoms with Crippen molar-refractivity contribution in [3.63, 3.8) is 0 Å². The summed E-state index contributed by atoms with van der Waals surface area (Å²) in [5.74, 6) is -0.822. The van der Waals surface area contributed by atoms with Crippen molar-refractivity contribution in [2.24, 2.45) is 0 Å². The Bertz CT molecular complexity index is 605. The fraction of sp³-hybridized carbons (Fsp3) is 0.154. The summed E-state index contributed by atoms with van der Waals surface area (Å²) in [6, 6.07) is 3.93. The van der Waals surface area contributed by atoms with Gasteiger partial charge in [-0.05, 0) is 25.1 Å². The van der Waals surface area contributed by atoms with Crippen LogP contribution in [0.1, 0.15) is 22.8 Å². The minimum atomic E-state index is -0.549. The maximum atomic E-state index is 13.4. The van der Waals surface area contributed by atoms with Crippen molar-refractivity contribution in [1.29, 1.82) is 0 Å². The van der Waals surface area contributed by atoms with Gasteiger partial charge >= 0.3 is 0 Å². The topological polar surface area (TPSA) is 63.1 Å². The summed E-state index contributed by atoms with van der Waals surface area (Å²) in [4.78, 5) is 19.3. The molecule has 0 saturated carbocycles. The van der Waals surface area contributed by atoms with E-state index in [9.17, 15) is 14.3 Å². The second-order valence-electron chi connectivity index (χ2n) is 3.84. The van der Waals surface area contributed by atoms with Gasteiger partial charge in [-0.15, -0.1) is 0 Å². The lowest BCUT2D eigenvalue weighted by atomic mass is 10.1. The van der Waals surface area contributed by atoms with Crippen LogP contribution in [0.4, 0.5) is 4.39 Å². The number of aromatic hydroxyl groups is 1. The molecule has 1 N–H and O–H groups in total. The fourth-order valence-electron chi connectivity index (χ4n) is 1.54. The average molecular weight is 278 g/mol. The predicted octanol–water partition coefficient (Wildman–Crippen LogP) is 2.82. The number of carbonyl (C=O) groups excluding carboxylic acids is 1. The molecule has 2 aromatic rings. The van der Waals surface area contributed by atoms with E-state index in [1.54, 1.807) is 18.5 Å². The Hall–Kier alpha value is -1.95. The molecular weight excluding hydrogens is 267 g/mol. The van der Waals surface area contributed by atoms with E-state index in [1.807, 2.05) is 0 Å². The van der Waals surface area contributed by atoms with Crippen LogP contribution in [0.3, 0.4) is 0 Å². The maximum absolute atomic E-state index is 13.4. The minimum Gasteiger partial charge on any atom is -0.507 e. The van der Waals surface area contributed by atoms with Crippen LogP contribution in [0.5, 0.6) is 5.75 Å². The Morgan fingerprint density at radius 3 is 2.68 bits per heavy atom. The highest BCUT2D eigenvalue weighted by atomic mass is 32.2. The third-order valence-electron chi connectivity index (χ3n) is 2.43. The molecule has 0 saturated heterocycles. The number of rotatable bonds is 4. The molecule has 1 aromatic heterocycles. The summed E-state index contributed by atoms with van der Waals surface area (Å²) < 4.78 is 13.4. The fourth-order valence-corrected chi connectivity index (χ4v) is 2.31. The number of aromatic nitrogens is 2. The van der Waals surface area contributed by atoms with Crippen molar-refractivity contribution >= 4 is 17.5 Å². The van der Waals surface area contributed by atoms with Crippen LogP contribution in [0.2, 0.25) is 0 Å². The lowest BCUT2D eigenvalue weighted by molar-refractivity contribution is 0.101. The van der Waals surface area contributed by atoms with Crippen LogP contribution >= 0.6 is 11.8 Å². The number of ketones is 1. The predicted molar refractivity (Wildman–Crippen MR) is 69.7 cm³/mol. The molecule has 1 aromatic carbocycles. The number of phenolic OH excluding ortho intramolecular Hbond substituents is 1. The lowest BCUT2D eigenvalue weighted by Crippen LogP contribution is -1.98. The molecule has 0 aliphatic carbocycles. The van der Waals surface area contributed by atoms with Crippen LogP contribution in [-0.4, -0.2) is 20.9 Å². The molecule has 0 amide bonds. The highest BCUT2D eigenvalue weighted by Gasteiger charge is 2.14. The Balaban J connectivity index is 2.23. The highest BCUT2D eigenvalue weighted by molar-refractivity contribution is 7.98. The van der Waals surface area contributed by atoms with Gasteiger partial charge in [0.15, 0.2) is 10.9 Å². The van der Waals surface area contributed by atoms with Crippen LogP contribution in [0.15, 0.2) is 35.7 Å². The summed E-state index contributed by atoms with van der Waals surface area (Å²) in [6.07, 6.45) is 3.20. The van der Waals surface area contributed by atoms with E-state index in [2.05, 4.69) is 9.97 Å². The molecule has 0 spiro atoms. The number of hydrogen-bond donors (Lipinski definition) is 1. The van der Waals surface area contributed by atoms with Gasteiger partial charge in [0.25, 0.3) is 0 Å². The maximum Gasteiger partial charge on any atom is 0.187 e. The molecule has 0 fully saturated rings. The van der Waals surface area contributed by atoms with Gasteiger partial charge in [0.05, 0.1) is 5.56 Å². The molecule has 98 valence electrons. The van der Waals surface area contributed by atoms with E-state index in [1.165, 1.54) is 24.8 Å². The molecular formula is C13H11FN2O2S. The van der Waals surface area contributed by atoms with Gasteiger partial charge in [-0.1, -0.05) is 11.8 Å². The Morgan fingerprint density at radius 1 is 1.37 bits per heavy atom. The van der Waals surface area contributed by atoms with E-state index in [4.69, 9.17) is 0 Å². The van der Waals surface area contributed by atoms with E-state index in [-0.39, 0.29) is 22.8 Å². The van der Waals surface area contributed by atoms with Crippen molar-refractivity contribution < 1.29 is 14.3 Å². The van der Waals surface area contributed by atoms with Crippen molar-refractivity contribution in [2.75, 3.05) is 0 Å². The first-order chi connectivity index (χ1) is 9.08. The summed E-state index contributed by atoms with van der Waals surface area (Å²) in [7, 11) is 0. The highest BCUT2D eigenvalue weighted by Crippen LogP contribution is 2.29. The second kappa shape index (κ2) is 5.79. The zero-order chi connectivity index (χ0) is 13.8. The normalized spacial score (nSPS) is 10.4. The van der Waals surface area contributed by atoms with Crippen LogP contribution in [0, 0.1) is 5.82 Å². The monoisotopic (exact) mass is 278 g/mol. The van der Waals surface area contributed by atoms with Crippen LogP contribution in [0.25, 0.3) is 0 Å². The number of nitrogens with zero attached hydrogens (tertiary/aromatic N) is 2. The SMILES string of the molecule is CC(=O)c1cc(F)cc(CSc2ncccn2)c1O. The van der Waals surface area contributed by atoms with Crippen molar-refractivity contribution in [1.82, 2.24) is 9.97 Å². The number of carbonyl (C=O) groups is 1. The molecule has 0 aliphatic heterocycles. The molecule has 0 unspecified atom stereocenters. The number of benzene rings is 1. The van der Waals surface area contributed by atoms with Crippen molar-refractivity contribution in [2.45, 2.75) is 17.8 Å². The van der Waals surface area contributed by atoms with E-state index in [0.717, 1.165) is 6.07 Å². The average Bonchev–Trinajstić information content (AvgIpc) is 2.40. The van der Waals surface area contributed by atoms with Gasteiger partial charge in [0.2, 0.25) is 0 Å². The lowest BCUT2D eigenvalue weighted by Gasteiger charge is -2.07. The van der Waals surface area contributed by atoms with Gasteiger partial charge in [0, 0.05) is 23.7 Å². The van der Waals surface area contributed by atoms with Gasteiger partial charge in [0.1, 0.15) is 11.6 Å². The molecule has 19 heavy (non-hydrogen) atoms.